The zero-order chi connectivity index (χ0) is 17.6. The Balaban J connectivity index is 3.11. The second-order valence-electron chi connectivity index (χ2n) is 6.17. The van der Waals surface area contributed by atoms with Crippen molar-refractivity contribution in [3.05, 3.63) is 23.3 Å². The average molecular weight is 324 g/mol. The van der Waals surface area contributed by atoms with Crippen LogP contribution in [0.2, 0.25) is 0 Å². The Bertz CT molecular complexity index is 492. The first-order valence-electron chi connectivity index (χ1n) is 8.02. The Morgan fingerprint density at radius 1 is 1.39 bits per heavy atom. The van der Waals surface area contributed by atoms with Crippen molar-refractivity contribution in [2.75, 3.05) is 7.11 Å². The summed E-state index contributed by atoms with van der Waals surface area (Å²) in [5.41, 5.74) is 1.66. The minimum Gasteiger partial charge on any atom is -0.457 e. The number of esters is 1. The molecule has 130 valence electrons. The monoisotopic (exact) mass is 324 g/mol. The van der Waals surface area contributed by atoms with Crippen molar-refractivity contribution in [1.29, 1.82) is 0 Å². The van der Waals surface area contributed by atoms with Crippen molar-refractivity contribution in [3.8, 4) is 0 Å². The fourth-order valence-electron chi connectivity index (χ4n) is 2.49. The van der Waals surface area contributed by atoms with Crippen LogP contribution in [0.25, 0.3) is 0 Å². The molecule has 23 heavy (non-hydrogen) atoms. The van der Waals surface area contributed by atoms with Crippen LogP contribution in [0.1, 0.15) is 47.0 Å². The summed E-state index contributed by atoms with van der Waals surface area (Å²) in [6.07, 6.45) is 2.62. The molecule has 0 aliphatic carbocycles. The molecule has 0 saturated heterocycles. The first-order chi connectivity index (χ1) is 10.8. The predicted octanol–water partition coefficient (Wildman–Crippen LogP) is 2.58. The lowest BCUT2D eigenvalue weighted by atomic mass is 9.94. The van der Waals surface area contributed by atoms with E-state index >= 15 is 0 Å². The third kappa shape index (κ3) is 5.59. The molecule has 1 aliphatic heterocycles. The van der Waals surface area contributed by atoms with Crippen molar-refractivity contribution in [2.24, 2.45) is 5.92 Å². The summed E-state index contributed by atoms with van der Waals surface area (Å²) >= 11 is 0. The molecule has 0 bridgehead atoms. The number of carbonyl (C=O) groups is 2. The van der Waals surface area contributed by atoms with E-state index in [-0.39, 0.29) is 30.7 Å². The molecule has 0 aromatic rings. The number of ketones is 1. The summed E-state index contributed by atoms with van der Waals surface area (Å²) in [6.45, 7) is 7.29. The SMILES string of the molecule is C/C=C(/C)C1C/C=C(\C)C(O)CC(=O)CC(OC)C(C)C(=O)O1. The highest BCUT2D eigenvalue weighted by Gasteiger charge is 2.30. The van der Waals surface area contributed by atoms with Crippen LogP contribution in [-0.4, -0.2) is 42.3 Å². The topological polar surface area (TPSA) is 72.8 Å². The molecule has 0 spiro atoms. The van der Waals surface area contributed by atoms with Crippen molar-refractivity contribution in [2.45, 2.75) is 65.3 Å². The van der Waals surface area contributed by atoms with Crippen molar-refractivity contribution in [1.82, 2.24) is 0 Å². The van der Waals surface area contributed by atoms with Gasteiger partial charge in [-0.15, -0.1) is 0 Å². The van der Waals surface area contributed by atoms with Gasteiger partial charge in [0, 0.05) is 26.4 Å². The molecule has 1 rings (SSSR count). The van der Waals surface area contributed by atoms with Crippen molar-refractivity contribution < 1.29 is 24.2 Å². The van der Waals surface area contributed by atoms with Gasteiger partial charge in [-0.2, -0.15) is 0 Å². The van der Waals surface area contributed by atoms with Crippen LogP contribution in [-0.2, 0) is 19.1 Å². The summed E-state index contributed by atoms with van der Waals surface area (Å²) in [5, 5.41) is 10.1. The fourth-order valence-corrected chi connectivity index (χ4v) is 2.49. The largest absolute Gasteiger partial charge is 0.457 e. The third-order valence-electron chi connectivity index (χ3n) is 4.48. The van der Waals surface area contributed by atoms with E-state index in [1.807, 2.05) is 26.0 Å². The van der Waals surface area contributed by atoms with Gasteiger partial charge in [-0.1, -0.05) is 12.2 Å². The molecule has 0 aromatic carbocycles. The van der Waals surface area contributed by atoms with Gasteiger partial charge >= 0.3 is 5.97 Å². The molecular formula is C18H28O5. The van der Waals surface area contributed by atoms with E-state index in [9.17, 15) is 14.7 Å². The molecular weight excluding hydrogens is 296 g/mol. The second-order valence-corrected chi connectivity index (χ2v) is 6.17. The lowest BCUT2D eigenvalue weighted by molar-refractivity contribution is -0.156. The smallest absolute Gasteiger partial charge is 0.311 e. The van der Waals surface area contributed by atoms with Crippen LogP contribution in [0.15, 0.2) is 23.3 Å². The zero-order valence-corrected chi connectivity index (χ0v) is 14.7. The molecule has 0 aromatic heterocycles. The highest BCUT2D eigenvalue weighted by atomic mass is 16.5. The predicted molar refractivity (Wildman–Crippen MR) is 87.9 cm³/mol. The molecule has 1 N–H and O–H groups in total. The van der Waals surface area contributed by atoms with E-state index in [0.717, 1.165) is 5.57 Å². The molecule has 4 unspecified atom stereocenters. The molecule has 1 heterocycles. The first-order valence-corrected chi connectivity index (χ1v) is 8.02. The van der Waals surface area contributed by atoms with E-state index in [2.05, 4.69) is 0 Å². The lowest BCUT2D eigenvalue weighted by Crippen LogP contribution is -2.34. The fraction of sp³-hybridized carbons (Fsp3) is 0.667. The Morgan fingerprint density at radius 2 is 2.04 bits per heavy atom. The zero-order valence-electron chi connectivity index (χ0n) is 14.7. The highest BCUT2D eigenvalue weighted by molar-refractivity contribution is 5.81. The van der Waals surface area contributed by atoms with Gasteiger partial charge in [-0.05, 0) is 38.8 Å². The number of Topliss-reactive ketones (excluding diaryl/α,β-unsaturated/α-hetero) is 1. The van der Waals surface area contributed by atoms with Crippen LogP contribution in [0.5, 0.6) is 0 Å². The second kappa shape index (κ2) is 8.99. The number of carbonyl (C=O) groups excluding carboxylic acids is 2. The quantitative estimate of drug-likeness (QED) is 0.624. The Kier molecular flexibility index (Phi) is 7.65. The molecule has 0 fully saturated rings. The minimum absolute atomic E-state index is 0.0389. The number of cyclic esters (lactones) is 1. The van der Waals surface area contributed by atoms with Gasteiger partial charge in [0.05, 0.1) is 18.1 Å². The third-order valence-corrected chi connectivity index (χ3v) is 4.48. The maximum atomic E-state index is 12.4. The molecule has 5 nitrogen and oxygen atoms in total. The molecule has 0 radical (unpaired) electrons. The van der Waals surface area contributed by atoms with E-state index in [1.165, 1.54) is 7.11 Å². The number of hydrogen-bond acceptors (Lipinski definition) is 5. The Labute approximate surface area is 138 Å². The number of hydrogen-bond donors (Lipinski definition) is 1. The van der Waals surface area contributed by atoms with Crippen molar-refractivity contribution >= 4 is 11.8 Å². The highest BCUT2D eigenvalue weighted by Crippen LogP contribution is 2.22. The molecule has 4 atom stereocenters. The number of aliphatic hydroxyl groups is 1. The van der Waals surface area contributed by atoms with Crippen molar-refractivity contribution in [3.63, 3.8) is 0 Å². The van der Waals surface area contributed by atoms with Gasteiger partial charge in [0.1, 0.15) is 11.9 Å². The summed E-state index contributed by atoms with van der Waals surface area (Å²) in [5.74, 6) is -1.04. The maximum Gasteiger partial charge on any atom is 0.311 e. The van der Waals surface area contributed by atoms with Gasteiger partial charge in [0.15, 0.2) is 0 Å². The molecule has 5 heteroatoms. The van der Waals surface area contributed by atoms with Gasteiger partial charge in [-0.25, -0.2) is 0 Å². The summed E-state index contributed by atoms with van der Waals surface area (Å²) < 4.78 is 10.9. The average Bonchev–Trinajstić information content (AvgIpc) is 2.53. The van der Waals surface area contributed by atoms with Gasteiger partial charge in [0.25, 0.3) is 0 Å². The van der Waals surface area contributed by atoms with Gasteiger partial charge in [0.2, 0.25) is 0 Å². The van der Waals surface area contributed by atoms with E-state index < -0.39 is 18.1 Å². The summed E-state index contributed by atoms with van der Waals surface area (Å²) in [6, 6.07) is 0. The number of allylic oxidation sites excluding steroid dienone is 1. The maximum absolute atomic E-state index is 12.4. The number of aliphatic hydroxyl groups excluding tert-OH is 1. The molecule has 1 aliphatic rings. The van der Waals surface area contributed by atoms with Gasteiger partial charge < -0.3 is 14.6 Å². The Hall–Kier alpha value is -1.46. The van der Waals surface area contributed by atoms with E-state index in [1.54, 1.807) is 13.8 Å². The van der Waals surface area contributed by atoms with Crippen LogP contribution in [0, 0.1) is 5.92 Å². The number of rotatable bonds is 2. The first kappa shape index (κ1) is 19.6. The standard InChI is InChI=1S/C18H28O5/c1-6-11(2)16-8-7-12(3)15(20)9-14(19)10-17(22-5)13(4)18(21)23-16/h6-7,13,15-17,20H,8-10H2,1-5H3/b11-6-,12-7+. The number of ether oxygens (including phenoxy) is 2. The van der Waals surface area contributed by atoms with E-state index in [0.29, 0.717) is 12.0 Å². The van der Waals surface area contributed by atoms with Gasteiger partial charge in [-0.3, -0.25) is 9.59 Å². The Morgan fingerprint density at radius 3 is 2.61 bits per heavy atom. The van der Waals surface area contributed by atoms with Crippen LogP contribution in [0.4, 0.5) is 0 Å². The van der Waals surface area contributed by atoms with Crippen LogP contribution >= 0.6 is 0 Å². The summed E-state index contributed by atoms with van der Waals surface area (Å²) in [7, 11) is 1.48. The molecule has 0 saturated carbocycles. The molecule has 0 amide bonds. The van der Waals surface area contributed by atoms with Crippen LogP contribution in [0.3, 0.4) is 0 Å². The van der Waals surface area contributed by atoms with Crippen LogP contribution < -0.4 is 0 Å². The van der Waals surface area contributed by atoms with E-state index in [4.69, 9.17) is 9.47 Å². The summed E-state index contributed by atoms with van der Waals surface area (Å²) in [4.78, 5) is 24.4. The lowest BCUT2D eigenvalue weighted by Gasteiger charge is -2.26. The minimum atomic E-state index is -0.808. The number of methoxy groups -OCH3 is 1. The normalized spacial score (nSPS) is 34.0.